The van der Waals surface area contributed by atoms with Gasteiger partial charge < -0.3 is 9.47 Å². The average molecular weight is 340 g/mol. The van der Waals surface area contributed by atoms with Gasteiger partial charge in [-0.05, 0) is 55.8 Å². The summed E-state index contributed by atoms with van der Waals surface area (Å²) < 4.78 is 10.4. The Morgan fingerprint density at radius 2 is 1.62 bits per heavy atom. The standard InChI is InChI=1S/C20H24O3Si/c1-20(2,3)23-19(21)22-18-10-9-16-13-15(7-8-17(16)14-18)11-12-24(4,5)6/h7-10,13-14H,1-6H3. The molecule has 24 heavy (non-hydrogen) atoms. The van der Waals surface area contributed by atoms with Gasteiger partial charge in [0.2, 0.25) is 0 Å². The first-order valence-corrected chi connectivity index (χ1v) is 11.5. The number of carbonyl (C=O) groups excluding carboxylic acids is 1. The first-order chi connectivity index (χ1) is 11.0. The van der Waals surface area contributed by atoms with E-state index in [-0.39, 0.29) is 0 Å². The van der Waals surface area contributed by atoms with Gasteiger partial charge in [0.1, 0.15) is 19.4 Å². The van der Waals surface area contributed by atoms with Crippen molar-refractivity contribution >= 4 is 25.0 Å². The molecular weight excluding hydrogens is 316 g/mol. The number of hydrogen-bond donors (Lipinski definition) is 0. The maximum absolute atomic E-state index is 11.7. The Morgan fingerprint density at radius 1 is 1.00 bits per heavy atom. The van der Waals surface area contributed by atoms with Gasteiger partial charge in [0.25, 0.3) is 0 Å². The third-order valence-electron chi connectivity index (χ3n) is 2.98. The molecule has 2 aromatic rings. The van der Waals surface area contributed by atoms with Crippen LogP contribution in [0.1, 0.15) is 26.3 Å². The molecule has 4 heteroatoms. The lowest BCUT2D eigenvalue weighted by atomic mass is 10.1. The van der Waals surface area contributed by atoms with E-state index in [1.807, 2.05) is 24.3 Å². The molecule has 0 aliphatic carbocycles. The quantitative estimate of drug-likeness (QED) is 0.302. The third-order valence-corrected chi connectivity index (χ3v) is 3.86. The van der Waals surface area contributed by atoms with Gasteiger partial charge in [-0.25, -0.2) is 4.79 Å². The summed E-state index contributed by atoms with van der Waals surface area (Å²) in [5.41, 5.74) is 3.80. The summed E-state index contributed by atoms with van der Waals surface area (Å²) in [5, 5.41) is 2.06. The molecule has 0 aromatic heterocycles. The van der Waals surface area contributed by atoms with Crippen LogP contribution in [0.3, 0.4) is 0 Å². The van der Waals surface area contributed by atoms with Crippen molar-refractivity contribution in [3.8, 4) is 17.2 Å². The lowest BCUT2D eigenvalue weighted by Crippen LogP contribution is -2.25. The molecule has 0 heterocycles. The second-order valence-electron chi connectivity index (χ2n) is 7.79. The summed E-state index contributed by atoms with van der Waals surface area (Å²) in [7, 11) is -1.39. The zero-order valence-electron chi connectivity index (χ0n) is 15.2. The summed E-state index contributed by atoms with van der Waals surface area (Å²) in [6, 6.07) is 11.6. The molecule has 0 atom stereocenters. The minimum absolute atomic E-state index is 0.470. The zero-order valence-corrected chi connectivity index (χ0v) is 16.2. The SMILES string of the molecule is CC(C)(C)OC(=O)Oc1ccc2cc(C#C[Si](C)(C)C)ccc2c1. The number of fused-ring (bicyclic) bond motifs is 1. The molecule has 3 nitrogen and oxygen atoms in total. The van der Waals surface area contributed by atoms with E-state index < -0.39 is 19.8 Å². The van der Waals surface area contributed by atoms with Crippen LogP contribution in [-0.4, -0.2) is 19.8 Å². The molecule has 0 saturated heterocycles. The second kappa shape index (κ2) is 6.70. The maximum Gasteiger partial charge on any atom is 0.514 e. The molecule has 0 spiro atoms. The Morgan fingerprint density at radius 3 is 2.25 bits per heavy atom. The lowest BCUT2D eigenvalue weighted by molar-refractivity contribution is 0.0206. The van der Waals surface area contributed by atoms with Crippen molar-refractivity contribution in [3.63, 3.8) is 0 Å². The average Bonchev–Trinajstić information content (AvgIpc) is 2.42. The number of hydrogen-bond acceptors (Lipinski definition) is 3. The van der Waals surface area contributed by atoms with Crippen LogP contribution >= 0.6 is 0 Å². The first kappa shape index (κ1) is 18.1. The van der Waals surface area contributed by atoms with Gasteiger partial charge in [-0.2, -0.15) is 0 Å². The highest BCUT2D eigenvalue weighted by atomic mass is 28.3. The fourth-order valence-corrected chi connectivity index (χ4v) is 2.51. The van der Waals surface area contributed by atoms with Crippen molar-refractivity contribution in [2.24, 2.45) is 0 Å². The van der Waals surface area contributed by atoms with Gasteiger partial charge in [-0.3, -0.25) is 0 Å². The van der Waals surface area contributed by atoms with Gasteiger partial charge in [-0.1, -0.05) is 37.7 Å². The molecule has 2 aromatic carbocycles. The largest absolute Gasteiger partial charge is 0.514 e. The summed E-state index contributed by atoms with van der Waals surface area (Å²) in [5.74, 6) is 3.73. The third kappa shape index (κ3) is 5.75. The van der Waals surface area contributed by atoms with Crippen LogP contribution in [0.5, 0.6) is 5.75 Å². The molecule has 126 valence electrons. The van der Waals surface area contributed by atoms with Crippen LogP contribution in [0.2, 0.25) is 19.6 Å². The van der Waals surface area contributed by atoms with Crippen LogP contribution in [-0.2, 0) is 4.74 Å². The van der Waals surface area contributed by atoms with Gasteiger partial charge in [-0.15, -0.1) is 5.54 Å². The van der Waals surface area contributed by atoms with Crippen molar-refractivity contribution in [1.82, 2.24) is 0 Å². The predicted octanol–water partition coefficient (Wildman–Crippen LogP) is 5.38. The molecule has 0 unspecified atom stereocenters. The van der Waals surface area contributed by atoms with E-state index in [0.717, 1.165) is 16.3 Å². The topological polar surface area (TPSA) is 35.5 Å². The van der Waals surface area contributed by atoms with E-state index in [0.29, 0.717) is 5.75 Å². The van der Waals surface area contributed by atoms with Crippen molar-refractivity contribution in [3.05, 3.63) is 42.0 Å². The summed E-state index contributed by atoms with van der Waals surface area (Å²) in [4.78, 5) is 11.7. The summed E-state index contributed by atoms with van der Waals surface area (Å²) in [6.07, 6.45) is -0.695. The molecule has 0 radical (unpaired) electrons. The summed E-state index contributed by atoms with van der Waals surface area (Å²) in [6.45, 7) is 12.1. The Balaban J connectivity index is 2.20. The molecule has 0 aliphatic rings. The molecule has 0 fully saturated rings. The van der Waals surface area contributed by atoms with E-state index in [9.17, 15) is 4.79 Å². The van der Waals surface area contributed by atoms with E-state index in [1.54, 1.807) is 26.8 Å². The van der Waals surface area contributed by atoms with Gasteiger partial charge >= 0.3 is 6.16 Å². The highest BCUT2D eigenvalue weighted by Gasteiger charge is 2.18. The minimum atomic E-state index is -1.39. The van der Waals surface area contributed by atoms with E-state index in [1.165, 1.54) is 0 Å². The highest BCUT2D eigenvalue weighted by Crippen LogP contribution is 2.23. The predicted molar refractivity (Wildman–Crippen MR) is 101 cm³/mol. The molecule has 0 N–H and O–H groups in total. The van der Waals surface area contributed by atoms with E-state index >= 15 is 0 Å². The molecule has 0 saturated carbocycles. The lowest BCUT2D eigenvalue weighted by Gasteiger charge is -2.18. The number of carbonyl (C=O) groups is 1. The highest BCUT2D eigenvalue weighted by molar-refractivity contribution is 6.83. The molecule has 0 amide bonds. The first-order valence-electron chi connectivity index (χ1n) is 8.00. The van der Waals surface area contributed by atoms with E-state index in [2.05, 4.69) is 37.2 Å². The van der Waals surface area contributed by atoms with Crippen LogP contribution in [0, 0.1) is 11.5 Å². The Bertz CT molecular complexity index is 815. The Kier molecular flexibility index (Phi) is 5.05. The van der Waals surface area contributed by atoms with Crippen LogP contribution < -0.4 is 4.74 Å². The van der Waals surface area contributed by atoms with E-state index in [4.69, 9.17) is 9.47 Å². The molecule has 2 rings (SSSR count). The van der Waals surface area contributed by atoms with Crippen molar-refractivity contribution in [2.75, 3.05) is 0 Å². The van der Waals surface area contributed by atoms with Crippen molar-refractivity contribution in [1.29, 1.82) is 0 Å². The van der Waals surface area contributed by atoms with Crippen molar-refractivity contribution < 1.29 is 14.3 Å². The Labute approximate surface area is 145 Å². The minimum Gasteiger partial charge on any atom is -0.428 e. The molecule has 0 bridgehead atoms. The van der Waals surface area contributed by atoms with Gasteiger partial charge in [0, 0.05) is 5.56 Å². The number of benzene rings is 2. The van der Waals surface area contributed by atoms with Crippen LogP contribution in [0.25, 0.3) is 10.8 Å². The number of rotatable bonds is 1. The van der Waals surface area contributed by atoms with Crippen molar-refractivity contribution in [2.45, 2.75) is 46.0 Å². The molecule has 0 aliphatic heterocycles. The summed E-state index contributed by atoms with van der Waals surface area (Å²) >= 11 is 0. The van der Waals surface area contributed by atoms with Crippen LogP contribution in [0.15, 0.2) is 36.4 Å². The fourth-order valence-electron chi connectivity index (χ4n) is 1.99. The second-order valence-corrected chi connectivity index (χ2v) is 12.5. The van der Waals surface area contributed by atoms with Crippen LogP contribution in [0.4, 0.5) is 4.79 Å². The normalized spacial score (nSPS) is 11.6. The van der Waals surface area contributed by atoms with Gasteiger partial charge in [0.15, 0.2) is 0 Å². The fraction of sp³-hybridized carbons (Fsp3) is 0.350. The Hall–Kier alpha value is -2.25. The smallest absolute Gasteiger partial charge is 0.428 e. The number of ether oxygens (including phenoxy) is 2. The molecular formula is C20H24O3Si. The van der Waals surface area contributed by atoms with Gasteiger partial charge in [0.05, 0.1) is 0 Å². The zero-order chi connectivity index (χ0) is 18.0. The monoisotopic (exact) mass is 340 g/mol. The maximum atomic E-state index is 11.7.